The number of aryl methyl sites for hydroxylation is 1. The van der Waals surface area contributed by atoms with E-state index < -0.39 is 6.03 Å². The Morgan fingerprint density at radius 1 is 1.12 bits per heavy atom. The van der Waals surface area contributed by atoms with Gasteiger partial charge < -0.3 is 20.1 Å². The largest absolute Gasteiger partial charge is 0.495 e. The highest BCUT2D eigenvalue weighted by Gasteiger charge is 2.10. The highest BCUT2D eigenvalue weighted by molar-refractivity contribution is 6.00. The van der Waals surface area contributed by atoms with E-state index in [1.54, 1.807) is 31.3 Å². The van der Waals surface area contributed by atoms with Crippen LogP contribution in [0.4, 0.5) is 16.3 Å². The fourth-order valence-electron chi connectivity index (χ4n) is 2.06. The van der Waals surface area contributed by atoms with Crippen LogP contribution in [0.5, 0.6) is 5.75 Å². The zero-order valence-corrected chi connectivity index (χ0v) is 14.8. The number of nitrogens with one attached hydrogen (secondary N) is 3. The third-order valence-electron chi connectivity index (χ3n) is 3.30. The number of rotatable bonds is 7. The summed E-state index contributed by atoms with van der Waals surface area (Å²) in [7, 11) is 2.95. The number of hydrogen-bond donors (Lipinski definition) is 3. The highest BCUT2D eigenvalue weighted by atomic mass is 16.5. The number of benzene rings is 1. The van der Waals surface area contributed by atoms with Crippen LogP contribution in [0.25, 0.3) is 0 Å². The zero-order valence-electron chi connectivity index (χ0n) is 14.8. The highest BCUT2D eigenvalue weighted by Crippen LogP contribution is 2.25. The lowest BCUT2D eigenvalue weighted by molar-refractivity contribution is -0.124. The first kappa shape index (κ1) is 19.1. The molecule has 1 aromatic heterocycles. The van der Waals surface area contributed by atoms with Crippen molar-refractivity contribution in [3.8, 4) is 5.75 Å². The molecule has 26 heavy (non-hydrogen) atoms. The van der Waals surface area contributed by atoms with E-state index in [0.717, 1.165) is 11.3 Å². The molecule has 0 aliphatic rings. The second kappa shape index (κ2) is 9.33. The smallest absolute Gasteiger partial charge is 0.324 e. The fraction of sp³-hybridized carbons (Fsp3) is 0.294. The van der Waals surface area contributed by atoms with Crippen LogP contribution in [0.3, 0.4) is 0 Å². The molecule has 2 rings (SSSR count). The first-order valence-corrected chi connectivity index (χ1v) is 7.81. The first-order chi connectivity index (χ1) is 12.5. The molecule has 138 valence electrons. The minimum Gasteiger partial charge on any atom is -0.495 e. The summed E-state index contributed by atoms with van der Waals surface area (Å²) < 4.78 is 10.1. The number of aromatic nitrogens is 2. The predicted molar refractivity (Wildman–Crippen MR) is 96.1 cm³/mol. The number of nitrogens with zero attached hydrogens (tertiary/aromatic N) is 2. The van der Waals surface area contributed by atoms with E-state index in [2.05, 4.69) is 25.9 Å². The second-order valence-corrected chi connectivity index (χ2v) is 5.37. The molecule has 0 spiro atoms. The third kappa shape index (κ3) is 5.71. The van der Waals surface area contributed by atoms with Crippen molar-refractivity contribution in [3.05, 3.63) is 41.9 Å². The molecule has 0 atom stereocenters. The Labute approximate surface area is 151 Å². The third-order valence-corrected chi connectivity index (χ3v) is 3.30. The molecular formula is C17H21N5O4. The van der Waals surface area contributed by atoms with Crippen molar-refractivity contribution < 1.29 is 19.1 Å². The summed E-state index contributed by atoms with van der Waals surface area (Å²) in [6.07, 6.45) is 3.03. The van der Waals surface area contributed by atoms with Gasteiger partial charge in [-0.1, -0.05) is 6.07 Å². The molecule has 0 aliphatic heterocycles. The van der Waals surface area contributed by atoms with E-state index in [4.69, 9.17) is 9.47 Å². The Morgan fingerprint density at radius 3 is 2.58 bits per heavy atom. The minimum atomic E-state index is -0.470. The van der Waals surface area contributed by atoms with Crippen molar-refractivity contribution >= 4 is 23.4 Å². The molecule has 0 saturated carbocycles. The Morgan fingerprint density at radius 2 is 1.92 bits per heavy atom. The van der Waals surface area contributed by atoms with Gasteiger partial charge in [-0.05, 0) is 24.6 Å². The van der Waals surface area contributed by atoms with Crippen LogP contribution in [0.15, 0.2) is 30.6 Å². The van der Waals surface area contributed by atoms with Crippen molar-refractivity contribution in [3.63, 3.8) is 0 Å². The summed E-state index contributed by atoms with van der Waals surface area (Å²) in [4.78, 5) is 31.6. The number of amides is 3. The number of carbonyl (C=O) groups excluding carboxylic acids is 2. The van der Waals surface area contributed by atoms with Gasteiger partial charge in [0.15, 0.2) is 5.82 Å². The molecule has 2 aromatic rings. The molecule has 9 heteroatoms. The van der Waals surface area contributed by atoms with Gasteiger partial charge in [-0.2, -0.15) is 0 Å². The maximum atomic E-state index is 12.1. The Hall–Kier alpha value is -3.20. The number of ether oxygens (including phenoxy) is 2. The maximum absolute atomic E-state index is 12.1. The Balaban J connectivity index is 1.98. The summed E-state index contributed by atoms with van der Waals surface area (Å²) in [5.74, 6) is 0.588. The van der Waals surface area contributed by atoms with Crippen molar-refractivity contribution in [2.45, 2.75) is 13.5 Å². The summed E-state index contributed by atoms with van der Waals surface area (Å²) in [5.41, 5.74) is 2.06. The molecular weight excluding hydrogens is 338 g/mol. The molecule has 0 aliphatic carbocycles. The Bertz CT molecular complexity index is 764. The second-order valence-electron chi connectivity index (χ2n) is 5.37. The van der Waals surface area contributed by atoms with Gasteiger partial charge in [0.2, 0.25) is 5.91 Å². The summed E-state index contributed by atoms with van der Waals surface area (Å²) >= 11 is 0. The van der Waals surface area contributed by atoms with E-state index in [0.29, 0.717) is 23.8 Å². The van der Waals surface area contributed by atoms with Crippen LogP contribution >= 0.6 is 0 Å². The van der Waals surface area contributed by atoms with E-state index >= 15 is 0 Å². The summed E-state index contributed by atoms with van der Waals surface area (Å²) in [5, 5.41) is 7.99. The molecule has 3 N–H and O–H groups in total. The van der Waals surface area contributed by atoms with E-state index in [1.165, 1.54) is 20.4 Å². The van der Waals surface area contributed by atoms with Gasteiger partial charge in [-0.25, -0.2) is 9.78 Å². The number of anilines is 2. The van der Waals surface area contributed by atoms with Crippen molar-refractivity contribution in [2.75, 3.05) is 31.5 Å². The normalized spacial score (nSPS) is 10.1. The quantitative estimate of drug-likeness (QED) is 0.693. The van der Waals surface area contributed by atoms with E-state index in [1.807, 2.05) is 0 Å². The summed E-state index contributed by atoms with van der Waals surface area (Å²) in [6.45, 7) is 2.13. The number of methoxy groups -OCH3 is 2. The van der Waals surface area contributed by atoms with Gasteiger partial charge >= 0.3 is 6.03 Å². The standard InChI is InChI=1S/C17H21N5O4/c1-11-7-19-15(9-18-11)22-17(24)21-13-5-4-12(6-14(13)26-3)8-20-16(23)10-25-2/h4-7,9H,8,10H2,1-3H3,(H,20,23)(H2,19,21,22,24). The maximum Gasteiger partial charge on any atom is 0.324 e. The first-order valence-electron chi connectivity index (χ1n) is 7.81. The van der Waals surface area contributed by atoms with E-state index in [9.17, 15) is 9.59 Å². The van der Waals surface area contributed by atoms with Crippen LogP contribution in [0.1, 0.15) is 11.3 Å². The average Bonchev–Trinajstić information content (AvgIpc) is 2.63. The Kier molecular flexibility index (Phi) is 6.86. The van der Waals surface area contributed by atoms with Gasteiger partial charge in [0.1, 0.15) is 12.4 Å². The molecule has 0 saturated heterocycles. The summed E-state index contributed by atoms with van der Waals surface area (Å²) in [6, 6.07) is 4.73. The zero-order chi connectivity index (χ0) is 18.9. The monoisotopic (exact) mass is 359 g/mol. The van der Waals surface area contributed by atoms with Crippen molar-refractivity contribution in [1.82, 2.24) is 15.3 Å². The molecule has 3 amide bonds. The lowest BCUT2D eigenvalue weighted by atomic mass is 10.2. The van der Waals surface area contributed by atoms with Crippen LogP contribution in [0, 0.1) is 6.92 Å². The molecule has 0 radical (unpaired) electrons. The molecule has 0 unspecified atom stereocenters. The number of urea groups is 1. The van der Waals surface area contributed by atoms with Crippen molar-refractivity contribution in [2.24, 2.45) is 0 Å². The molecule has 1 heterocycles. The molecule has 9 nitrogen and oxygen atoms in total. The van der Waals surface area contributed by atoms with Gasteiger partial charge in [-0.3, -0.25) is 15.1 Å². The SMILES string of the molecule is COCC(=O)NCc1ccc(NC(=O)Nc2cnc(C)cn2)c(OC)c1. The van der Waals surface area contributed by atoms with Crippen molar-refractivity contribution in [1.29, 1.82) is 0 Å². The number of hydrogen-bond acceptors (Lipinski definition) is 6. The van der Waals surface area contributed by atoms with Crippen LogP contribution in [-0.2, 0) is 16.1 Å². The van der Waals surface area contributed by atoms with Gasteiger partial charge in [0.05, 0.1) is 30.9 Å². The molecule has 0 fully saturated rings. The predicted octanol–water partition coefficient (Wildman–Crippen LogP) is 1.70. The fourth-order valence-corrected chi connectivity index (χ4v) is 2.06. The molecule has 0 bridgehead atoms. The lowest BCUT2D eigenvalue weighted by Gasteiger charge is -2.13. The molecule has 1 aromatic carbocycles. The topological polar surface area (TPSA) is 114 Å². The van der Waals surface area contributed by atoms with Gasteiger partial charge in [-0.15, -0.1) is 0 Å². The van der Waals surface area contributed by atoms with Crippen LogP contribution in [-0.4, -0.2) is 42.7 Å². The van der Waals surface area contributed by atoms with Crippen LogP contribution < -0.4 is 20.7 Å². The lowest BCUT2D eigenvalue weighted by Crippen LogP contribution is -2.26. The number of carbonyl (C=O) groups is 2. The minimum absolute atomic E-state index is 0.00114. The van der Waals surface area contributed by atoms with Gasteiger partial charge in [0, 0.05) is 13.7 Å². The van der Waals surface area contributed by atoms with E-state index in [-0.39, 0.29) is 12.5 Å². The average molecular weight is 359 g/mol. The van der Waals surface area contributed by atoms with Gasteiger partial charge in [0.25, 0.3) is 0 Å². The van der Waals surface area contributed by atoms with Crippen LogP contribution in [0.2, 0.25) is 0 Å².